The van der Waals surface area contributed by atoms with Gasteiger partial charge in [0.05, 0.1) is 0 Å². The molecule has 26 heavy (non-hydrogen) atoms. The Kier molecular flexibility index (Phi) is 7.41. The molecule has 0 bridgehead atoms. The van der Waals surface area contributed by atoms with E-state index in [0.29, 0.717) is 22.9 Å². The second-order valence-corrected chi connectivity index (χ2v) is 10.0. The van der Waals surface area contributed by atoms with Crippen LogP contribution in [0.3, 0.4) is 0 Å². The molecule has 3 heteroatoms. The fraction of sp³-hybridized carbons (Fsp3) is 0.435. The Balaban J connectivity index is 2.51. The van der Waals surface area contributed by atoms with Crippen molar-refractivity contribution in [1.82, 2.24) is 0 Å². The Labute approximate surface area is 158 Å². The Bertz CT molecular complexity index is 760. The molecule has 0 aliphatic carbocycles. The lowest BCUT2D eigenvalue weighted by atomic mass is 10.0. The lowest BCUT2D eigenvalue weighted by Crippen LogP contribution is -2.21. The third-order valence-electron chi connectivity index (χ3n) is 5.25. The van der Waals surface area contributed by atoms with E-state index in [-0.39, 0.29) is 5.52 Å². The summed E-state index contributed by atoms with van der Waals surface area (Å²) >= 11 is 0. The van der Waals surface area contributed by atoms with E-state index in [2.05, 4.69) is 13.8 Å². The molecular formula is C23H31O2P. The monoisotopic (exact) mass is 370 g/mol. The van der Waals surface area contributed by atoms with E-state index >= 15 is 0 Å². The maximum atomic E-state index is 14.2. The summed E-state index contributed by atoms with van der Waals surface area (Å²) in [5.41, 5.74) is 2.29. The topological polar surface area (TPSA) is 34.1 Å². The van der Waals surface area contributed by atoms with Gasteiger partial charge in [0.25, 0.3) is 0 Å². The van der Waals surface area contributed by atoms with Gasteiger partial charge in [-0.2, -0.15) is 0 Å². The van der Waals surface area contributed by atoms with E-state index in [1.54, 1.807) is 0 Å². The number of unbranched alkanes of at least 4 members (excludes halogenated alkanes) is 1. The molecule has 2 unspecified atom stereocenters. The van der Waals surface area contributed by atoms with Crippen LogP contribution in [-0.4, -0.2) is 11.7 Å². The van der Waals surface area contributed by atoms with Gasteiger partial charge in [0.1, 0.15) is 0 Å². The van der Waals surface area contributed by atoms with Crippen LogP contribution in [0.15, 0.2) is 48.5 Å². The molecule has 2 rings (SSSR count). The highest BCUT2D eigenvalue weighted by molar-refractivity contribution is 7.87. The second kappa shape index (κ2) is 9.33. The summed E-state index contributed by atoms with van der Waals surface area (Å²) in [6, 6.07) is 15.2. The molecule has 0 amide bonds. The first-order valence-corrected chi connectivity index (χ1v) is 11.6. The summed E-state index contributed by atoms with van der Waals surface area (Å²) < 4.78 is 14.2. The van der Waals surface area contributed by atoms with Crippen molar-refractivity contribution < 1.29 is 9.36 Å². The summed E-state index contributed by atoms with van der Waals surface area (Å²) in [6.45, 7) is 8.18. The molecule has 0 aromatic heterocycles. The molecule has 0 radical (unpaired) electrons. The van der Waals surface area contributed by atoms with Crippen LogP contribution in [0.4, 0.5) is 0 Å². The predicted octanol–water partition coefficient (Wildman–Crippen LogP) is 6.35. The summed E-state index contributed by atoms with van der Waals surface area (Å²) in [6.07, 6.45) is 4.70. The Morgan fingerprint density at radius 1 is 0.962 bits per heavy atom. The first kappa shape index (κ1) is 20.6. The van der Waals surface area contributed by atoms with E-state index in [1.807, 2.05) is 62.4 Å². The zero-order valence-corrected chi connectivity index (χ0v) is 17.4. The zero-order valence-electron chi connectivity index (χ0n) is 16.5. The van der Waals surface area contributed by atoms with Crippen molar-refractivity contribution in [3.8, 4) is 0 Å². The number of rotatable bonds is 9. The molecule has 0 N–H and O–H groups in total. The highest BCUT2D eigenvalue weighted by Gasteiger charge is 2.37. The van der Waals surface area contributed by atoms with Gasteiger partial charge in [-0.05, 0) is 37.3 Å². The van der Waals surface area contributed by atoms with Crippen molar-refractivity contribution >= 4 is 18.0 Å². The van der Waals surface area contributed by atoms with Crippen LogP contribution in [-0.2, 0) is 4.57 Å². The number of carbonyl (C=O) groups excluding carboxylic acids is 1. The molecule has 0 aliphatic heterocycles. The van der Waals surface area contributed by atoms with Crippen molar-refractivity contribution in [2.75, 3.05) is 6.16 Å². The van der Waals surface area contributed by atoms with Crippen molar-refractivity contribution in [2.45, 2.75) is 53.4 Å². The van der Waals surface area contributed by atoms with Crippen LogP contribution >= 0.6 is 7.14 Å². The molecule has 0 saturated heterocycles. The molecule has 0 heterocycles. The van der Waals surface area contributed by atoms with Crippen molar-refractivity contribution in [3.05, 3.63) is 65.2 Å². The molecule has 2 aromatic rings. The standard InChI is InChI=1S/C23H31O2P/c1-5-7-14-20(6-2)17-26(25,21-15-9-8-10-16-21)23(24)22-18(3)12-11-13-19(22)4/h8-13,15-16,20H,5-7,14,17H2,1-4H3. The fourth-order valence-electron chi connectivity index (χ4n) is 3.59. The van der Waals surface area contributed by atoms with Crippen LogP contribution < -0.4 is 5.30 Å². The number of benzene rings is 2. The molecule has 140 valence electrons. The summed E-state index contributed by atoms with van der Waals surface area (Å²) in [5.74, 6) is 0.314. The SMILES string of the molecule is CCCCC(CC)CP(=O)(C(=O)c1c(C)cccc1C)c1ccccc1. The summed E-state index contributed by atoms with van der Waals surface area (Å²) in [7, 11) is -3.19. The van der Waals surface area contributed by atoms with Gasteiger partial charge in [-0.15, -0.1) is 0 Å². The smallest absolute Gasteiger partial charge is 0.226 e. The number of hydrogen-bond donors (Lipinski definition) is 0. The Hall–Kier alpha value is -1.66. The quantitative estimate of drug-likeness (QED) is 0.482. The lowest BCUT2D eigenvalue weighted by molar-refractivity contribution is 0.107. The maximum absolute atomic E-state index is 14.2. The van der Waals surface area contributed by atoms with Gasteiger partial charge in [-0.1, -0.05) is 81.6 Å². The highest BCUT2D eigenvalue weighted by atomic mass is 31.2. The molecule has 2 atom stereocenters. The summed E-state index contributed by atoms with van der Waals surface area (Å²) in [5, 5.41) is 0.697. The highest BCUT2D eigenvalue weighted by Crippen LogP contribution is 2.51. The Morgan fingerprint density at radius 2 is 1.58 bits per heavy atom. The van der Waals surface area contributed by atoms with Gasteiger partial charge < -0.3 is 4.57 Å². The molecule has 2 nitrogen and oxygen atoms in total. The van der Waals surface area contributed by atoms with Crippen molar-refractivity contribution in [3.63, 3.8) is 0 Å². The average Bonchev–Trinajstić information content (AvgIpc) is 2.65. The molecule has 0 fully saturated rings. The average molecular weight is 370 g/mol. The van der Waals surface area contributed by atoms with Crippen LogP contribution in [0, 0.1) is 19.8 Å². The third-order valence-corrected chi connectivity index (χ3v) is 8.30. The zero-order chi connectivity index (χ0) is 19.2. The van der Waals surface area contributed by atoms with Gasteiger partial charge in [0.2, 0.25) is 5.52 Å². The number of aryl methyl sites for hydroxylation is 2. The van der Waals surface area contributed by atoms with Gasteiger partial charge in [0, 0.05) is 17.0 Å². The van der Waals surface area contributed by atoms with E-state index in [1.165, 1.54) is 0 Å². The fourth-order valence-corrected chi connectivity index (χ4v) is 6.73. The van der Waals surface area contributed by atoms with Gasteiger partial charge in [-0.25, -0.2) is 0 Å². The van der Waals surface area contributed by atoms with Gasteiger partial charge >= 0.3 is 0 Å². The molecule has 0 spiro atoms. The number of carbonyl (C=O) groups is 1. The minimum atomic E-state index is -3.19. The van der Waals surface area contributed by atoms with Crippen LogP contribution in [0.25, 0.3) is 0 Å². The van der Waals surface area contributed by atoms with Crippen molar-refractivity contribution in [2.24, 2.45) is 5.92 Å². The maximum Gasteiger partial charge on any atom is 0.226 e. The second-order valence-electron chi connectivity index (χ2n) is 7.25. The lowest BCUT2D eigenvalue weighted by Gasteiger charge is -2.24. The minimum absolute atomic E-state index is 0.172. The number of hydrogen-bond acceptors (Lipinski definition) is 2. The minimum Gasteiger partial charge on any atom is -0.310 e. The molecular weight excluding hydrogens is 339 g/mol. The van der Waals surface area contributed by atoms with Gasteiger partial charge in [-0.3, -0.25) is 4.79 Å². The van der Waals surface area contributed by atoms with Crippen molar-refractivity contribution in [1.29, 1.82) is 0 Å². The van der Waals surface area contributed by atoms with Crippen LogP contribution in [0.5, 0.6) is 0 Å². The van der Waals surface area contributed by atoms with Crippen LogP contribution in [0.2, 0.25) is 0 Å². The van der Waals surface area contributed by atoms with E-state index in [4.69, 9.17) is 0 Å². The molecule has 2 aromatic carbocycles. The largest absolute Gasteiger partial charge is 0.310 e. The van der Waals surface area contributed by atoms with E-state index in [0.717, 1.165) is 36.8 Å². The third kappa shape index (κ3) is 4.54. The molecule has 0 saturated carbocycles. The predicted molar refractivity (Wildman–Crippen MR) is 112 cm³/mol. The van der Waals surface area contributed by atoms with Gasteiger partial charge in [0.15, 0.2) is 7.14 Å². The van der Waals surface area contributed by atoms with Crippen LogP contribution in [0.1, 0.15) is 61.0 Å². The normalized spacial score (nSPS) is 14.6. The molecule has 0 aliphatic rings. The van der Waals surface area contributed by atoms with E-state index < -0.39 is 7.14 Å². The first-order chi connectivity index (χ1) is 12.4. The summed E-state index contributed by atoms with van der Waals surface area (Å²) in [4.78, 5) is 13.6. The first-order valence-electron chi connectivity index (χ1n) is 9.69. The Morgan fingerprint density at radius 3 is 2.12 bits per heavy atom. The van der Waals surface area contributed by atoms with E-state index in [9.17, 15) is 9.36 Å².